The minimum absolute atomic E-state index is 0.0433. The molecule has 5 heteroatoms. The largest absolute Gasteiger partial charge is 0.489 e. The smallest absolute Gasteiger partial charge is 0.228 e. The van der Waals surface area contributed by atoms with Crippen molar-refractivity contribution in [1.29, 1.82) is 0 Å². The van der Waals surface area contributed by atoms with Crippen LogP contribution < -0.4 is 10.1 Å². The van der Waals surface area contributed by atoms with Crippen molar-refractivity contribution in [2.75, 3.05) is 18.4 Å². The zero-order chi connectivity index (χ0) is 21.5. The van der Waals surface area contributed by atoms with Gasteiger partial charge in [-0.05, 0) is 66.9 Å². The van der Waals surface area contributed by atoms with Crippen molar-refractivity contribution in [2.45, 2.75) is 26.0 Å². The predicted molar refractivity (Wildman–Crippen MR) is 120 cm³/mol. The highest BCUT2D eigenvalue weighted by atomic mass is 19.1. The summed E-state index contributed by atoms with van der Waals surface area (Å²) < 4.78 is 18.9. The number of hydrogen-bond donors (Lipinski definition) is 1. The van der Waals surface area contributed by atoms with E-state index in [2.05, 4.69) is 10.2 Å². The Morgan fingerprint density at radius 3 is 2.45 bits per heavy atom. The van der Waals surface area contributed by atoms with Crippen LogP contribution in [0.3, 0.4) is 0 Å². The van der Waals surface area contributed by atoms with E-state index in [1.807, 2.05) is 54.6 Å². The molecule has 3 aromatic rings. The van der Waals surface area contributed by atoms with Crippen molar-refractivity contribution in [3.05, 3.63) is 95.8 Å². The number of carbonyl (C=O) groups excluding carboxylic acids is 1. The molecule has 1 atom stereocenters. The summed E-state index contributed by atoms with van der Waals surface area (Å²) >= 11 is 0. The lowest BCUT2D eigenvalue weighted by Gasteiger charge is -2.32. The van der Waals surface area contributed by atoms with Crippen molar-refractivity contribution in [3.8, 4) is 5.75 Å². The summed E-state index contributed by atoms with van der Waals surface area (Å²) in [5.74, 6) is 0.533. The van der Waals surface area contributed by atoms with Crippen molar-refractivity contribution in [3.63, 3.8) is 0 Å². The van der Waals surface area contributed by atoms with Gasteiger partial charge < -0.3 is 10.1 Å². The van der Waals surface area contributed by atoms with Crippen LogP contribution >= 0.6 is 0 Å². The first-order valence-corrected chi connectivity index (χ1v) is 10.7. The minimum Gasteiger partial charge on any atom is -0.489 e. The van der Waals surface area contributed by atoms with Gasteiger partial charge in [-0.15, -0.1) is 0 Å². The van der Waals surface area contributed by atoms with E-state index in [1.54, 1.807) is 12.1 Å². The van der Waals surface area contributed by atoms with Crippen LogP contribution in [0.5, 0.6) is 5.75 Å². The number of benzene rings is 3. The Kier molecular flexibility index (Phi) is 6.95. The zero-order valence-electron chi connectivity index (χ0n) is 17.5. The highest BCUT2D eigenvalue weighted by Gasteiger charge is 2.25. The zero-order valence-corrected chi connectivity index (χ0v) is 17.5. The number of rotatable bonds is 7. The van der Waals surface area contributed by atoms with E-state index in [4.69, 9.17) is 4.74 Å². The molecule has 0 bridgehead atoms. The van der Waals surface area contributed by atoms with Gasteiger partial charge in [-0.2, -0.15) is 0 Å². The minimum atomic E-state index is -0.226. The summed E-state index contributed by atoms with van der Waals surface area (Å²) in [7, 11) is 0. The van der Waals surface area contributed by atoms with Crippen LogP contribution in [-0.2, 0) is 17.9 Å². The molecule has 0 radical (unpaired) electrons. The maximum Gasteiger partial charge on any atom is 0.228 e. The van der Waals surface area contributed by atoms with Crippen molar-refractivity contribution in [2.24, 2.45) is 5.92 Å². The predicted octanol–water partition coefficient (Wildman–Crippen LogP) is 5.26. The summed E-state index contributed by atoms with van der Waals surface area (Å²) in [5, 5.41) is 3.03. The normalized spacial score (nSPS) is 16.6. The molecule has 1 fully saturated rings. The van der Waals surface area contributed by atoms with E-state index in [0.717, 1.165) is 48.5 Å². The van der Waals surface area contributed by atoms with Gasteiger partial charge in [0.25, 0.3) is 0 Å². The average Bonchev–Trinajstić information content (AvgIpc) is 2.81. The number of anilines is 1. The molecule has 0 spiro atoms. The van der Waals surface area contributed by atoms with Gasteiger partial charge in [-0.25, -0.2) is 4.39 Å². The lowest BCUT2D eigenvalue weighted by atomic mass is 9.96. The van der Waals surface area contributed by atoms with Gasteiger partial charge in [0, 0.05) is 18.8 Å². The fourth-order valence-corrected chi connectivity index (χ4v) is 3.88. The molecule has 1 saturated heterocycles. The maximum absolute atomic E-state index is 13.1. The van der Waals surface area contributed by atoms with E-state index in [-0.39, 0.29) is 17.6 Å². The van der Waals surface area contributed by atoms with Crippen LogP contribution in [0.15, 0.2) is 78.9 Å². The van der Waals surface area contributed by atoms with Gasteiger partial charge in [0.05, 0.1) is 5.92 Å². The number of piperidine rings is 1. The van der Waals surface area contributed by atoms with Gasteiger partial charge >= 0.3 is 0 Å². The number of carbonyl (C=O) groups is 1. The van der Waals surface area contributed by atoms with Gasteiger partial charge in [0.2, 0.25) is 5.91 Å². The Morgan fingerprint density at radius 2 is 1.71 bits per heavy atom. The second-order valence-corrected chi connectivity index (χ2v) is 7.99. The first-order valence-electron chi connectivity index (χ1n) is 10.7. The highest BCUT2D eigenvalue weighted by molar-refractivity contribution is 5.92. The fourth-order valence-electron chi connectivity index (χ4n) is 3.88. The molecule has 0 unspecified atom stereocenters. The molecule has 1 N–H and O–H groups in total. The van der Waals surface area contributed by atoms with E-state index in [9.17, 15) is 9.18 Å². The quantitative estimate of drug-likeness (QED) is 0.569. The second kappa shape index (κ2) is 10.2. The van der Waals surface area contributed by atoms with Gasteiger partial charge in [0.1, 0.15) is 18.2 Å². The number of likely N-dealkylation sites (tertiary alicyclic amines) is 1. The fraction of sp³-hybridized carbons (Fsp3) is 0.269. The van der Waals surface area contributed by atoms with E-state index in [1.165, 1.54) is 12.1 Å². The Morgan fingerprint density at radius 1 is 0.968 bits per heavy atom. The molecule has 4 rings (SSSR count). The average molecular weight is 419 g/mol. The molecule has 3 aromatic carbocycles. The molecule has 1 amide bonds. The van der Waals surface area contributed by atoms with Crippen LogP contribution in [0.2, 0.25) is 0 Å². The van der Waals surface area contributed by atoms with Gasteiger partial charge in [-0.1, -0.05) is 42.5 Å². The summed E-state index contributed by atoms with van der Waals surface area (Å²) in [6.45, 7) is 2.91. The summed E-state index contributed by atoms with van der Waals surface area (Å²) in [5.41, 5.74) is 2.95. The van der Waals surface area contributed by atoms with Crippen LogP contribution in [0.1, 0.15) is 24.0 Å². The van der Waals surface area contributed by atoms with Crippen molar-refractivity contribution in [1.82, 2.24) is 4.90 Å². The lowest BCUT2D eigenvalue weighted by molar-refractivity contribution is -0.121. The third kappa shape index (κ3) is 6.15. The summed E-state index contributed by atoms with van der Waals surface area (Å²) in [6.07, 6.45) is 1.86. The SMILES string of the molecule is O=C(Nc1ccc(OCc2ccccc2)cc1)[C@@H]1CCCN(Cc2ccc(F)cc2)C1. The standard InChI is InChI=1S/C26H27FN2O2/c27-23-10-8-20(9-11-23)17-29-16-4-7-22(18-29)26(30)28-24-12-14-25(15-13-24)31-19-21-5-2-1-3-6-21/h1-3,5-6,8-15,22H,4,7,16-19H2,(H,28,30)/t22-/m1/s1. The maximum atomic E-state index is 13.1. The summed E-state index contributed by atoms with van der Waals surface area (Å²) in [6, 6.07) is 24.1. The molecule has 0 aromatic heterocycles. The first kappa shape index (κ1) is 21.1. The third-order valence-corrected chi connectivity index (χ3v) is 5.57. The van der Waals surface area contributed by atoms with E-state index in [0.29, 0.717) is 13.2 Å². The lowest BCUT2D eigenvalue weighted by Crippen LogP contribution is -2.40. The molecular weight excluding hydrogens is 391 g/mol. The molecule has 31 heavy (non-hydrogen) atoms. The van der Waals surface area contributed by atoms with Crippen molar-refractivity contribution < 1.29 is 13.9 Å². The molecule has 4 nitrogen and oxygen atoms in total. The molecule has 1 aliphatic rings. The Hall–Kier alpha value is -3.18. The highest BCUT2D eigenvalue weighted by Crippen LogP contribution is 2.22. The molecule has 160 valence electrons. The number of hydrogen-bond acceptors (Lipinski definition) is 3. The molecule has 1 heterocycles. The monoisotopic (exact) mass is 418 g/mol. The first-order chi connectivity index (χ1) is 15.2. The molecule has 1 aliphatic heterocycles. The number of nitrogens with zero attached hydrogens (tertiary/aromatic N) is 1. The Labute approximate surface area is 182 Å². The van der Waals surface area contributed by atoms with Gasteiger partial charge in [0.15, 0.2) is 0 Å². The number of amides is 1. The Balaban J connectivity index is 1.27. The van der Waals surface area contributed by atoms with Crippen LogP contribution in [0.25, 0.3) is 0 Å². The van der Waals surface area contributed by atoms with Gasteiger partial charge in [-0.3, -0.25) is 9.69 Å². The van der Waals surface area contributed by atoms with Crippen molar-refractivity contribution >= 4 is 11.6 Å². The number of halogens is 1. The van der Waals surface area contributed by atoms with Crippen LogP contribution in [-0.4, -0.2) is 23.9 Å². The number of ether oxygens (including phenoxy) is 1. The second-order valence-electron chi connectivity index (χ2n) is 7.99. The topological polar surface area (TPSA) is 41.6 Å². The third-order valence-electron chi connectivity index (χ3n) is 5.57. The molecule has 0 saturated carbocycles. The Bertz CT molecular complexity index is 975. The number of nitrogens with one attached hydrogen (secondary N) is 1. The van der Waals surface area contributed by atoms with Crippen LogP contribution in [0.4, 0.5) is 10.1 Å². The van der Waals surface area contributed by atoms with E-state index >= 15 is 0 Å². The molecule has 0 aliphatic carbocycles. The molecular formula is C26H27FN2O2. The van der Waals surface area contributed by atoms with E-state index < -0.39 is 0 Å². The summed E-state index contributed by atoms with van der Waals surface area (Å²) in [4.78, 5) is 15.1. The van der Waals surface area contributed by atoms with Crippen LogP contribution in [0, 0.1) is 11.7 Å².